The van der Waals surface area contributed by atoms with Gasteiger partial charge in [0.2, 0.25) is 11.8 Å². The van der Waals surface area contributed by atoms with E-state index in [1.165, 1.54) is 6.42 Å². The number of nitrogens with zero attached hydrogens (tertiary/aromatic N) is 3. The Morgan fingerprint density at radius 1 is 1.08 bits per heavy atom. The SMILES string of the molecule is O=C(O)C1CCC(C(=O)NCc2nnc(N3CCCCC3)o2)CC1. The number of amides is 1. The summed E-state index contributed by atoms with van der Waals surface area (Å²) in [6, 6.07) is 0.529. The van der Waals surface area contributed by atoms with Crippen molar-refractivity contribution in [1.29, 1.82) is 0 Å². The number of anilines is 1. The van der Waals surface area contributed by atoms with E-state index in [-0.39, 0.29) is 24.3 Å². The molecule has 8 nitrogen and oxygen atoms in total. The van der Waals surface area contributed by atoms with Gasteiger partial charge in [-0.2, -0.15) is 0 Å². The fourth-order valence-electron chi connectivity index (χ4n) is 3.44. The van der Waals surface area contributed by atoms with Gasteiger partial charge in [-0.15, -0.1) is 5.10 Å². The quantitative estimate of drug-likeness (QED) is 0.840. The number of carboxylic acid groups (broad SMARTS) is 1. The summed E-state index contributed by atoms with van der Waals surface area (Å²) in [5.41, 5.74) is 0. The van der Waals surface area contributed by atoms with Gasteiger partial charge in [0.25, 0.3) is 0 Å². The third kappa shape index (κ3) is 4.04. The largest absolute Gasteiger partial charge is 0.481 e. The van der Waals surface area contributed by atoms with E-state index in [1.54, 1.807) is 0 Å². The van der Waals surface area contributed by atoms with Crippen LogP contribution in [0.25, 0.3) is 0 Å². The highest BCUT2D eigenvalue weighted by Gasteiger charge is 2.29. The molecule has 0 spiro atoms. The van der Waals surface area contributed by atoms with Gasteiger partial charge < -0.3 is 19.7 Å². The van der Waals surface area contributed by atoms with E-state index in [0.29, 0.717) is 37.6 Å². The molecule has 1 aromatic rings. The number of carbonyl (C=O) groups excluding carboxylic acids is 1. The lowest BCUT2D eigenvalue weighted by Gasteiger charge is -2.25. The summed E-state index contributed by atoms with van der Waals surface area (Å²) < 4.78 is 5.62. The maximum Gasteiger partial charge on any atom is 0.318 e. The molecule has 24 heavy (non-hydrogen) atoms. The summed E-state index contributed by atoms with van der Waals surface area (Å²) in [5, 5.41) is 19.9. The van der Waals surface area contributed by atoms with E-state index in [2.05, 4.69) is 20.4 Å². The molecule has 1 aliphatic heterocycles. The van der Waals surface area contributed by atoms with Crippen LogP contribution in [0.3, 0.4) is 0 Å². The molecule has 132 valence electrons. The third-order valence-electron chi connectivity index (χ3n) is 4.94. The molecule has 0 aromatic carbocycles. The smallest absolute Gasteiger partial charge is 0.318 e. The summed E-state index contributed by atoms with van der Waals surface area (Å²) in [5.74, 6) is -0.841. The number of rotatable bonds is 5. The number of carbonyl (C=O) groups is 2. The molecule has 1 saturated carbocycles. The van der Waals surface area contributed by atoms with Crippen molar-refractivity contribution in [2.45, 2.75) is 51.5 Å². The molecule has 2 heterocycles. The van der Waals surface area contributed by atoms with Gasteiger partial charge in [-0.3, -0.25) is 9.59 Å². The zero-order chi connectivity index (χ0) is 16.9. The van der Waals surface area contributed by atoms with E-state index in [1.807, 2.05) is 0 Å². The molecular formula is C16H24N4O4. The number of piperidine rings is 1. The molecular weight excluding hydrogens is 312 g/mol. The second kappa shape index (κ2) is 7.63. The minimum absolute atomic E-state index is 0.0587. The molecule has 1 aliphatic carbocycles. The Morgan fingerprint density at radius 3 is 2.42 bits per heavy atom. The first-order valence-electron chi connectivity index (χ1n) is 8.71. The minimum Gasteiger partial charge on any atom is -0.481 e. The van der Waals surface area contributed by atoms with Crippen LogP contribution in [0.4, 0.5) is 6.01 Å². The van der Waals surface area contributed by atoms with Gasteiger partial charge in [0.05, 0.1) is 12.5 Å². The highest BCUT2D eigenvalue weighted by molar-refractivity contribution is 5.79. The molecule has 0 atom stereocenters. The third-order valence-corrected chi connectivity index (χ3v) is 4.94. The van der Waals surface area contributed by atoms with Crippen LogP contribution in [-0.2, 0) is 16.1 Å². The van der Waals surface area contributed by atoms with Gasteiger partial charge in [0, 0.05) is 19.0 Å². The maximum absolute atomic E-state index is 12.2. The number of hydrogen-bond donors (Lipinski definition) is 2. The fraction of sp³-hybridized carbons (Fsp3) is 0.750. The lowest BCUT2D eigenvalue weighted by Crippen LogP contribution is -2.34. The lowest BCUT2D eigenvalue weighted by atomic mass is 9.81. The Hall–Kier alpha value is -2.12. The zero-order valence-electron chi connectivity index (χ0n) is 13.7. The Morgan fingerprint density at radius 2 is 1.75 bits per heavy atom. The van der Waals surface area contributed by atoms with Gasteiger partial charge >= 0.3 is 12.0 Å². The van der Waals surface area contributed by atoms with Crippen LogP contribution in [0.2, 0.25) is 0 Å². The van der Waals surface area contributed by atoms with E-state index < -0.39 is 5.97 Å². The summed E-state index contributed by atoms with van der Waals surface area (Å²) >= 11 is 0. The predicted molar refractivity (Wildman–Crippen MR) is 85.3 cm³/mol. The molecule has 1 aromatic heterocycles. The minimum atomic E-state index is -0.759. The molecule has 2 N–H and O–H groups in total. The number of aliphatic carboxylic acids is 1. The van der Waals surface area contributed by atoms with Crippen molar-refractivity contribution in [3.8, 4) is 0 Å². The van der Waals surface area contributed by atoms with Gasteiger partial charge in [-0.25, -0.2) is 0 Å². The zero-order valence-corrected chi connectivity index (χ0v) is 13.7. The monoisotopic (exact) mass is 336 g/mol. The number of nitrogens with one attached hydrogen (secondary N) is 1. The summed E-state index contributed by atoms with van der Waals surface area (Å²) in [6.45, 7) is 2.08. The first kappa shape index (κ1) is 16.7. The normalized spacial score (nSPS) is 24.6. The second-order valence-corrected chi connectivity index (χ2v) is 6.63. The topological polar surface area (TPSA) is 109 Å². The first-order chi connectivity index (χ1) is 11.6. The highest BCUT2D eigenvalue weighted by atomic mass is 16.4. The Kier molecular flexibility index (Phi) is 5.32. The summed E-state index contributed by atoms with van der Waals surface area (Å²) in [6.07, 6.45) is 5.86. The lowest BCUT2D eigenvalue weighted by molar-refractivity contribution is -0.144. The van der Waals surface area contributed by atoms with Crippen molar-refractivity contribution < 1.29 is 19.1 Å². The average molecular weight is 336 g/mol. The summed E-state index contributed by atoms with van der Waals surface area (Å²) in [4.78, 5) is 25.2. The van der Waals surface area contributed by atoms with E-state index in [9.17, 15) is 9.59 Å². The van der Waals surface area contributed by atoms with E-state index in [0.717, 1.165) is 25.9 Å². The molecule has 8 heteroatoms. The van der Waals surface area contributed by atoms with Crippen LogP contribution < -0.4 is 10.2 Å². The first-order valence-corrected chi connectivity index (χ1v) is 8.71. The molecule has 1 amide bonds. The van der Waals surface area contributed by atoms with Crippen molar-refractivity contribution in [1.82, 2.24) is 15.5 Å². The number of carboxylic acids is 1. The van der Waals surface area contributed by atoms with Crippen LogP contribution in [0.15, 0.2) is 4.42 Å². The molecule has 0 bridgehead atoms. The molecule has 3 rings (SSSR count). The van der Waals surface area contributed by atoms with Gasteiger partial charge in [-0.05, 0) is 44.9 Å². The number of hydrogen-bond acceptors (Lipinski definition) is 6. The van der Waals surface area contributed by atoms with Crippen molar-refractivity contribution in [2.75, 3.05) is 18.0 Å². The summed E-state index contributed by atoms with van der Waals surface area (Å²) in [7, 11) is 0. The van der Waals surface area contributed by atoms with Gasteiger partial charge in [0.15, 0.2) is 0 Å². The highest BCUT2D eigenvalue weighted by Crippen LogP contribution is 2.29. The van der Waals surface area contributed by atoms with Crippen LogP contribution in [0.1, 0.15) is 50.8 Å². The average Bonchev–Trinajstić information content (AvgIpc) is 3.09. The van der Waals surface area contributed by atoms with Crippen molar-refractivity contribution in [3.05, 3.63) is 5.89 Å². The molecule has 0 radical (unpaired) electrons. The van der Waals surface area contributed by atoms with E-state index in [4.69, 9.17) is 9.52 Å². The van der Waals surface area contributed by atoms with Crippen LogP contribution >= 0.6 is 0 Å². The Bertz CT molecular complexity index is 574. The molecule has 2 aliphatic rings. The van der Waals surface area contributed by atoms with Gasteiger partial charge in [0.1, 0.15) is 0 Å². The van der Waals surface area contributed by atoms with Crippen LogP contribution in [0.5, 0.6) is 0 Å². The van der Waals surface area contributed by atoms with Crippen LogP contribution in [-0.4, -0.2) is 40.3 Å². The van der Waals surface area contributed by atoms with Crippen molar-refractivity contribution in [2.24, 2.45) is 11.8 Å². The molecule has 0 unspecified atom stereocenters. The Labute approximate surface area is 140 Å². The van der Waals surface area contributed by atoms with E-state index >= 15 is 0 Å². The standard InChI is InChI=1S/C16H24N4O4/c21-14(11-4-6-12(7-5-11)15(22)23)17-10-13-18-19-16(24-13)20-8-2-1-3-9-20/h11-12H,1-10H2,(H,17,21)(H,22,23). The van der Waals surface area contributed by atoms with Gasteiger partial charge in [-0.1, -0.05) is 5.10 Å². The predicted octanol–water partition coefficient (Wildman–Crippen LogP) is 1.57. The Balaban J connectivity index is 1.45. The van der Waals surface area contributed by atoms with Crippen LogP contribution in [0, 0.1) is 11.8 Å². The molecule has 1 saturated heterocycles. The fourth-order valence-corrected chi connectivity index (χ4v) is 3.44. The second-order valence-electron chi connectivity index (χ2n) is 6.63. The maximum atomic E-state index is 12.2. The number of aromatic nitrogens is 2. The van der Waals surface area contributed by atoms with Crippen molar-refractivity contribution >= 4 is 17.9 Å². The molecule has 2 fully saturated rings. The van der Waals surface area contributed by atoms with Crippen molar-refractivity contribution in [3.63, 3.8) is 0 Å².